The molecule has 2 heterocycles. The van der Waals surface area contributed by atoms with Gasteiger partial charge in [0.15, 0.2) is 15.7 Å². The van der Waals surface area contributed by atoms with Crippen molar-refractivity contribution in [3.05, 3.63) is 58.7 Å². The molecule has 33 heavy (non-hydrogen) atoms. The lowest BCUT2D eigenvalue weighted by atomic mass is 10.1. The molecule has 2 aromatic heterocycles. The summed E-state index contributed by atoms with van der Waals surface area (Å²) in [4.78, 5) is 8.03. The monoisotopic (exact) mass is 482 g/mol. The van der Waals surface area contributed by atoms with Crippen LogP contribution in [0.3, 0.4) is 0 Å². The minimum Gasteiger partial charge on any atom is -0.382 e. The number of nitrogens with two attached hydrogens (primary N) is 2. The summed E-state index contributed by atoms with van der Waals surface area (Å²) in [7, 11) is -3.38. The maximum atomic E-state index is 12.0. The van der Waals surface area contributed by atoms with E-state index in [0.29, 0.717) is 23.7 Å². The van der Waals surface area contributed by atoms with Crippen LogP contribution in [0.5, 0.6) is 0 Å². The van der Waals surface area contributed by atoms with E-state index < -0.39 is 9.84 Å². The summed E-state index contributed by atoms with van der Waals surface area (Å²) >= 11 is 6.22. The molecule has 0 aliphatic rings. The lowest BCUT2D eigenvalue weighted by Gasteiger charge is -2.08. The molecular weight excluding hydrogens is 464 g/mol. The molecule has 4 rings (SSSR count). The van der Waals surface area contributed by atoms with E-state index in [1.807, 2.05) is 12.1 Å². The second-order valence-corrected chi connectivity index (χ2v) is 9.72. The van der Waals surface area contributed by atoms with Crippen LogP contribution in [0.1, 0.15) is 11.3 Å². The molecule has 0 spiro atoms. The molecule has 0 unspecified atom stereocenters. The van der Waals surface area contributed by atoms with Crippen LogP contribution in [0.2, 0.25) is 5.02 Å². The van der Waals surface area contributed by atoms with E-state index in [9.17, 15) is 13.7 Å². The summed E-state index contributed by atoms with van der Waals surface area (Å²) in [6.07, 6.45) is 1.62. The number of rotatable bonds is 6. The third kappa shape index (κ3) is 4.52. The molecule has 2 aromatic carbocycles. The minimum atomic E-state index is -3.38. The van der Waals surface area contributed by atoms with E-state index in [2.05, 4.69) is 15.3 Å². The van der Waals surface area contributed by atoms with E-state index in [4.69, 9.17) is 28.2 Å². The Labute approximate surface area is 194 Å². The van der Waals surface area contributed by atoms with Crippen molar-refractivity contribution in [3.8, 4) is 11.8 Å². The minimum absolute atomic E-state index is 0.00243. The maximum Gasteiger partial charge on any atom is 0.224 e. The van der Waals surface area contributed by atoms with Crippen LogP contribution < -0.4 is 16.8 Å². The first kappa shape index (κ1) is 22.3. The number of nitrogens with zero attached hydrogens (tertiary/aromatic N) is 5. The zero-order valence-electron chi connectivity index (χ0n) is 17.4. The van der Waals surface area contributed by atoms with Crippen molar-refractivity contribution in [2.24, 2.45) is 0 Å². The van der Waals surface area contributed by atoms with Crippen molar-refractivity contribution < 1.29 is 8.42 Å². The van der Waals surface area contributed by atoms with Crippen molar-refractivity contribution in [2.75, 3.05) is 29.6 Å². The number of sulfone groups is 1. The Kier molecular flexibility index (Phi) is 5.80. The molecule has 0 bridgehead atoms. The fourth-order valence-electron chi connectivity index (χ4n) is 3.41. The average Bonchev–Trinajstić information content (AvgIpc) is 3.10. The van der Waals surface area contributed by atoms with Gasteiger partial charge in [-0.1, -0.05) is 17.7 Å². The van der Waals surface area contributed by atoms with Crippen molar-refractivity contribution in [1.82, 2.24) is 19.7 Å². The second-order valence-electron chi connectivity index (χ2n) is 7.27. The van der Waals surface area contributed by atoms with Crippen molar-refractivity contribution in [1.29, 1.82) is 5.26 Å². The first-order chi connectivity index (χ1) is 15.7. The fraction of sp³-hybridized carbons (Fsp3) is 0.143. The number of hydrogen-bond donors (Lipinski definition) is 3. The number of nitriles is 1. The third-order valence-electron chi connectivity index (χ3n) is 4.93. The number of anilines is 3. The summed E-state index contributed by atoms with van der Waals surface area (Å²) in [5.74, 6) is 0.210. The van der Waals surface area contributed by atoms with Gasteiger partial charge in [-0.2, -0.15) is 20.3 Å². The molecule has 0 aliphatic carbocycles. The first-order valence-electron chi connectivity index (χ1n) is 9.72. The number of aromatic nitrogens is 4. The Bertz CT molecular complexity index is 1530. The van der Waals surface area contributed by atoms with Crippen molar-refractivity contribution >= 4 is 49.9 Å². The van der Waals surface area contributed by atoms with Crippen molar-refractivity contribution in [2.45, 2.75) is 11.3 Å². The summed E-state index contributed by atoms with van der Waals surface area (Å²) in [6, 6.07) is 13.9. The van der Waals surface area contributed by atoms with E-state index in [1.54, 1.807) is 35.0 Å². The van der Waals surface area contributed by atoms with Gasteiger partial charge in [0.25, 0.3) is 0 Å². The van der Waals surface area contributed by atoms with E-state index in [-0.39, 0.29) is 28.0 Å². The van der Waals surface area contributed by atoms with Gasteiger partial charge in [0.05, 0.1) is 21.8 Å². The lowest BCUT2D eigenvalue weighted by molar-refractivity contribution is 0.601. The molecule has 4 aromatic rings. The molecule has 0 saturated heterocycles. The number of benzene rings is 2. The SMILES string of the molecule is CS(=O)(=O)c1cccc(-n2nc(CCNc3nc(N)nc(N)c3C#N)c3ccc(Cl)cc32)c1. The van der Waals surface area contributed by atoms with Gasteiger partial charge < -0.3 is 16.8 Å². The molecule has 0 atom stereocenters. The van der Waals surface area contributed by atoms with Gasteiger partial charge in [-0.05, 0) is 36.4 Å². The summed E-state index contributed by atoms with van der Waals surface area (Å²) in [6.45, 7) is 0.378. The molecule has 0 saturated carbocycles. The van der Waals surface area contributed by atoms with Crippen LogP contribution in [-0.2, 0) is 16.3 Å². The van der Waals surface area contributed by atoms with E-state index in [0.717, 1.165) is 22.9 Å². The van der Waals surface area contributed by atoms with Crippen LogP contribution in [0.4, 0.5) is 17.6 Å². The molecule has 0 aliphatic heterocycles. The highest BCUT2D eigenvalue weighted by atomic mass is 35.5. The molecule has 0 radical (unpaired) electrons. The Morgan fingerprint density at radius 3 is 2.70 bits per heavy atom. The molecule has 12 heteroatoms. The Morgan fingerprint density at radius 1 is 1.18 bits per heavy atom. The van der Waals surface area contributed by atoms with Crippen molar-refractivity contribution in [3.63, 3.8) is 0 Å². The Morgan fingerprint density at radius 2 is 1.97 bits per heavy atom. The predicted octanol–water partition coefficient (Wildman–Crippen LogP) is 2.56. The Hall–Kier alpha value is -3.88. The highest BCUT2D eigenvalue weighted by molar-refractivity contribution is 7.90. The smallest absolute Gasteiger partial charge is 0.224 e. The van der Waals surface area contributed by atoms with Gasteiger partial charge in [0.2, 0.25) is 5.95 Å². The summed E-state index contributed by atoms with van der Waals surface area (Å²) in [5, 5.41) is 18.5. The standard InChI is InChI=1S/C21H19ClN8O2S/c1-33(31,32)14-4-2-3-13(10-14)30-18-9-12(22)5-6-15(18)17(29-30)7-8-26-20-16(11-23)19(24)27-21(25)28-20/h2-6,9-10H,7-8H2,1H3,(H5,24,25,26,27,28). The van der Waals surface area contributed by atoms with Crippen LogP contribution >= 0.6 is 11.6 Å². The summed E-state index contributed by atoms with van der Waals surface area (Å²) < 4.78 is 25.7. The molecule has 0 fully saturated rings. The topological polar surface area (TPSA) is 166 Å². The fourth-order valence-corrected chi connectivity index (χ4v) is 4.24. The number of nitrogen functional groups attached to an aromatic ring is 2. The van der Waals surface area contributed by atoms with E-state index in [1.165, 1.54) is 6.07 Å². The number of fused-ring (bicyclic) bond motifs is 1. The number of halogens is 1. The van der Waals surface area contributed by atoms with E-state index >= 15 is 0 Å². The predicted molar refractivity (Wildman–Crippen MR) is 127 cm³/mol. The normalized spacial score (nSPS) is 11.4. The number of nitrogens with one attached hydrogen (secondary N) is 1. The average molecular weight is 483 g/mol. The maximum absolute atomic E-state index is 12.0. The molecular formula is C21H19ClN8O2S. The summed E-state index contributed by atoms with van der Waals surface area (Å²) in [5.41, 5.74) is 13.6. The molecule has 168 valence electrons. The molecule has 10 nitrogen and oxygen atoms in total. The largest absolute Gasteiger partial charge is 0.382 e. The second kappa shape index (κ2) is 8.57. The zero-order chi connectivity index (χ0) is 23.8. The van der Waals surface area contributed by atoms with Crippen LogP contribution in [0.15, 0.2) is 47.4 Å². The highest BCUT2D eigenvalue weighted by Gasteiger charge is 2.16. The highest BCUT2D eigenvalue weighted by Crippen LogP contribution is 2.27. The van der Waals surface area contributed by atoms with Crippen LogP contribution in [0, 0.1) is 11.3 Å². The lowest BCUT2D eigenvalue weighted by Crippen LogP contribution is -2.12. The molecule has 5 N–H and O–H groups in total. The van der Waals surface area contributed by atoms with Gasteiger partial charge in [-0.25, -0.2) is 13.1 Å². The third-order valence-corrected chi connectivity index (χ3v) is 6.28. The number of hydrogen-bond acceptors (Lipinski definition) is 9. The zero-order valence-corrected chi connectivity index (χ0v) is 19.0. The quantitative estimate of drug-likeness (QED) is 0.374. The first-order valence-corrected chi connectivity index (χ1v) is 12.0. The van der Waals surface area contributed by atoms with Gasteiger partial charge in [0, 0.05) is 29.6 Å². The van der Waals surface area contributed by atoms with Crippen LogP contribution in [-0.4, -0.2) is 41.0 Å². The molecule has 0 amide bonds. The Balaban J connectivity index is 1.69. The van der Waals surface area contributed by atoms with Crippen LogP contribution in [0.25, 0.3) is 16.6 Å². The van der Waals surface area contributed by atoms with Gasteiger partial charge in [-0.3, -0.25) is 0 Å². The van der Waals surface area contributed by atoms with Gasteiger partial charge >= 0.3 is 0 Å². The van der Waals surface area contributed by atoms with Gasteiger partial charge in [0.1, 0.15) is 17.5 Å². The van der Waals surface area contributed by atoms with Gasteiger partial charge in [-0.15, -0.1) is 0 Å².